The molecule has 3 aromatic rings. The fraction of sp³-hybridized carbons (Fsp3) is 0.0625. The molecule has 6 nitrogen and oxygen atoms in total. The lowest BCUT2D eigenvalue weighted by atomic mass is 10.0. The van der Waals surface area contributed by atoms with E-state index in [0.29, 0.717) is 15.7 Å². The van der Waals surface area contributed by atoms with Gasteiger partial charge in [-0.05, 0) is 35.9 Å². The molecule has 1 aromatic heterocycles. The third-order valence-corrected chi connectivity index (χ3v) is 4.65. The minimum Gasteiger partial charge on any atom is -0.504 e. The average molecular weight is 362 g/mol. The first-order valence-corrected chi connectivity index (χ1v) is 8.14. The molecule has 8 heteroatoms. The monoisotopic (exact) mass is 361 g/mol. The molecule has 3 rings (SSSR count). The van der Waals surface area contributed by atoms with Crippen molar-refractivity contribution in [3.63, 3.8) is 0 Å². The number of carbonyl (C=O) groups is 1. The molecule has 0 aliphatic carbocycles. The lowest BCUT2D eigenvalue weighted by Gasteiger charge is -2.15. The van der Waals surface area contributed by atoms with E-state index in [9.17, 15) is 15.0 Å². The molecule has 1 atom stereocenters. The van der Waals surface area contributed by atoms with Crippen LogP contribution in [0.1, 0.15) is 21.2 Å². The van der Waals surface area contributed by atoms with Gasteiger partial charge in [0.1, 0.15) is 11.6 Å². The molecule has 0 aliphatic heterocycles. The summed E-state index contributed by atoms with van der Waals surface area (Å²) >= 11 is 7.23. The summed E-state index contributed by atoms with van der Waals surface area (Å²) in [6.07, 6.45) is 1.36. The fourth-order valence-electron chi connectivity index (χ4n) is 2.13. The first kappa shape index (κ1) is 16.4. The number of nitrogens with zero attached hydrogens (tertiary/aromatic N) is 2. The smallest absolute Gasteiger partial charge is 0.184 e. The van der Waals surface area contributed by atoms with E-state index in [0.717, 1.165) is 0 Å². The van der Waals surface area contributed by atoms with Crippen LogP contribution in [0.5, 0.6) is 11.5 Å². The van der Waals surface area contributed by atoms with Gasteiger partial charge in [0.25, 0.3) is 0 Å². The van der Waals surface area contributed by atoms with Gasteiger partial charge in [0.15, 0.2) is 22.4 Å². The predicted molar refractivity (Wildman–Crippen MR) is 90.5 cm³/mol. The number of nitrogens with one attached hydrogen (secondary N) is 1. The van der Waals surface area contributed by atoms with Crippen LogP contribution in [0.25, 0.3) is 0 Å². The number of phenols is 2. The van der Waals surface area contributed by atoms with E-state index in [4.69, 9.17) is 11.6 Å². The van der Waals surface area contributed by atoms with Gasteiger partial charge in [-0.25, -0.2) is 4.98 Å². The van der Waals surface area contributed by atoms with Gasteiger partial charge in [0, 0.05) is 10.6 Å². The zero-order valence-electron chi connectivity index (χ0n) is 12.2. The molecule has 0 amide bonds. The van der Waals surface area contributed by atoms with Gasteiger partial charge < -0.3 is 10.2 Å². The molecule has 0 spiro atoms. The molecular formula is C16H12ClN3O3S. The van der Waals surface area contributed by atoms with Gasteiger partial charge >= 0.3 is 0 Å². The summed E-state index contributed by atoms with van der Waals surface area (Å²) in [7, 11) is 0. The number of H-pyrrole nitrogens is 1. The third kappa shape index (κ3) is 3.52. The molecule has 1 unspecified atom stereocenters. The number of Topliss-reactive ketones (excluding diaryl/α,β-unsaturated/α-hetero) is 1. The van der Waals surface area contributed by atoms with E-state index in [2.05, 4.69) is 15.2 Å². The van der Waals surface area contributed by atoms with Crippen LogP contribution in [0.4, 0.5) is 0 Å². The normalized spacial score (nSPS) is 12.0. The number of ketones is 1. The highest BCUT2D eigenvalue weighted by Gasteiger charge is 2.25. The second-order valence-electron chi connectivity index (χ2n) is 4.91. The SMILES string of the molecule is O=C(c1ccc(O)c(O)c1)C(Sc1ncn[nH]1)c1cccc(Cl)c1. The Morgan fingerprint density at radius 1 is 1.17 bits per heavy atom. The molecule has 24 heavy (non-hydrogen) atoms. The average Bonchev–Trinajstić information content (AvgIpc) is 3.08. The Labute approximate surface area is 146 Å². The molecule has 2 aromatic carbocycles. The summed E-state index contributed by atoms with van der Waals surface area (Å²) in [6, 6.07) is 10.9. The van der Waals surface area contributed by atoms with Crippen LogP contribution in [-0.4, -0.2) is 31.2 Å². The van der Waals surface area contributed by atoms with Gasteiger partial charge in [-0.1, -0.05) is 35.5 Å². The maximum absolute atomic E-state index is 12.9. The summed E-state index contributed by atoms with van der Waals surface area (Å²) in [5.74, 6) is -0.891. The Bertz CT molecular complexity index is 871. The van der Waals surface area contributed by atoms with E-state index in [1.165, 1.54) is 36.3 Å². The van der Waals surface area contributed by atoms with Gasteiger partial charge in [0.2, 0.25) is 0 Å². The van der Waals surface area contributed by atoms with Gasteiger partial charge in [-0.2, -0.15) is 5.10 Å². The number of aromatic amines is 1. The summed E-state index contributed by atoms with van der Waals surface area (Å²) in [4.78, 5) is 17.0. The molecule has 0 bridgehead atoms. The zero-order chi connectivity index (χ0) is 17.1. The number of halogens is 1. The summed E-state index contributed by atoms with van der Waals surface area (Å²) in [6.45, 7) is 0. The first-order valence-electron chi connectivity index (χ1n) is 6.88. The highest BCUT2D eigenvalue weighted by molar-refractivity contribution is 8.00. The number of carbonyl (C=O) groups excluding carboxylic acids is 1. The van der Waals surface area contributed by atoms with E-state index in [1.54, 1.807) is 24.3 Å². The summed E-state index contributed by atoms with van der Waals surface area (Å²) in [5, 5.41) is 25.9. The minimum atomic E-state index is -0.638. The topological polar surface area (TPSA) is 99.1 Å². The predicted octanol–water partition coefficient (Wildman–Crippen LogP) is 3.59. The summed E-state index contributed by atoms with van der Waals surface area (Å²) in [5.41, 5.74) is 0.962. The highest BCUT2D eigenvalue weighted by Crippen LogP contribution is 2.38. The summed E-state index contributed by atoms with van der Waals surface area (Å²) < 4.78 is 0. The first-order chi connectivity index (χ1) is 11.5. The molecule has 0 aliphatic rings. The van der Waals surface area contributed by atoms with Crippen LogP contribution in [0.3, 0.4) is 0 Å². The van der Waals surface area contributed by atoms with Crippen LogP contribution in [0.15, 0.2) is 53.9 Å². The zero-order valence-corrected chi connectivity index (χ0v) is 13.8. The molecular weight excluding hydrogens is 350 g/mol. The molecule has 1 heterocycles. The third-order valence-electron chi connectivity index (χ3n) is 3.27. The Hall–Kier alpha value is -2.51. The maximum atomic E-state index is 12.9. The molecule has 122 valence electrons. The molecule has 0 radical (unpaired) electrons. The van der Waals surface area contributed by atoms with Gasteiger partial charge in [-0.15, -0.1) is 0 Å². The number of aromatic nitrogens is 3. The van der Waals surface area contributed by atoms with Crippen molar-refractivity contribution in [2.45, 2.75) is 10.4 Å². The van der Waals surface area contributed by atoms with Crippen LogP contribution >= 0.6 is 23.4 Å². The number of hydrogen-bond acceptors (Lipinski definition) is 6. The number of benzene rings is 2. The Kier molecular flexibility index (Phi) is 4.73. The van der Waals surface area contributed by atoms with Gasteiger partial charge in [0.05, 0.1) is 0 Å². The van der Waals surface area contributed by atoms with Crippen molar-refractivity contribution < 1.29 is 15.0 Å². The molecule has 3 N–H and O–H groups in total. The van der Waals surface area contributed by atoms with E-state index < -0.39 is 5.25 Å². The van der Waals surface area contributed by atoms with Crippen LogP contribution in [0.2, 0.25) is 5.02 Å². The largest absolute Gasteiger partial charge is 0.504 e. The van der Waals surface area contributed by atoms with Crippen molar-refractivity contribution >= 4 is 29.1 Å². The van der Waals surface area contributed by atoms with Crippen molar-refractivity contribution in [1.82, 2.24) is 15.2 Å². The Morgan fingerprint density at radius 3 is 2.67 bits per heavy atom. The standard InChI is InChI=1S/C16H12ClN3O3S/c17-11-3-1-2-10(6-11)15(24-16-18-8-19-20-16)14(23)9-4-5-12(21)13(22)7-9/h1-8,15,21-22H,(H,18,19,20). The lowest BCUT2D eigenvalue weighted by molar-refractivity contribution is 0.0989. The van der Waals surface area contributed by atoms with Crippen molar-refractivity contribution in [2.75, 3.05) is 0 Å². The van der Waals surface area contributed by atoms with Crippen molar-refractivity contribution in [2.24, 2.45) is 0 Å². The second kappa shape index (κ2) is 6.94. The number of aromatic hydroxyl groups is 2. The molecule has 0 saturated carbocycles. The van der Waals surface area contributed by atoms with Crippen LogP contribution in [0, 0.1) is 0 Å². The van der Waals surface area contributed by atoms with Gasteiger partial charge in [-0.3, -0.25) is 9.89 Å². The maximum Gasteiger partial charge on any atom is 0.184 e. The van der Waals surface area contributed by atoms with E-state index in [-0.39, 0.29) is 22.8 Å². The number of rotatable bonds is 5. The molecule has 0 fully saturated rings. The number of phenolic OH excluding ortho intramolecular Hbond substituents is 2. The highest BCUT2D eigenvalue weighted by atomic mass is 35.5. The minimum absolute atomic E-state index is 0.256. The van der Waals surface area contributed by atoms with Crippen molar-refractivity contribution in [3.8, 4) is 11.5 Å². The van der Waals surface area contributed by atoms with E-state index >= 15 is 0 Å². The lowest BCUT2D eigenvalue weighted by Crippen LogP contribution is -2.10. The number of hydrogen-bond donors (Lipinski definition) is 3. The van der Waals surface area contributed by atoms with Crippen LogP contribution in [-0.2, 0) is 0 Å². The second-order valence-corrected chi connectivity index (χ2v) is 6.44. The fourth-order valence-corrected chi connectivity index (χ4v) is 3.29. The quantitative estimate of drug-likeness (QED) is 0.365. The molecule has 0 saturated heterocycles. The van der Waals surface area contributed by atoms with Crippen molar-refractivity contribution in [3.05, 3.63) is 64.9 Å². The van der Waals surface area contributed by atoms with Crippen LogP contribution < -0.4 is 0 Å². The van der Waals surface area contributed by atoms with Crippen molar-refractivity contribution in [1.29, 1.82) is 0 Å². The number of thioether (sulfide) groups is 1. The Balaban J connectivity index is 1.99. The Morgan fingerprint density at radius 2 is 2.00 bits per heavy atom. The van der Waals surface area contributed by atoms with E-state index in [1.807, 2.05) is 0 Å².